The smallest absolute Gasteiger partial charge is 0.329 e. The molecular weight excluding hydrogens is 210 g/mol. The van der Waals surface area contributed by atoms with Crippen molar-refractivity contribution in [1.82, 2.24) is 5.43 Å². The number of carbonyl (C=O) groups excluding carboxylic acids is 3. The van der Waals surface area contributed by atoms with Crippen LogP contribution in [0.15, 0.2) is 5.10 Å². The van der Waals surface area contributed by atoms with Gasteiger partial charge in [0.1, 0.15) is 5.78 Å². The third-order valence-corrected chi connectivity index (χ3v) is 2.30. The highest BCUT2D eigenvalue weighted by molar-refractivity contribution is 6.34. The molecule has 88 valence electrons. The van der Waals surface area contributed by atoms with Crippen molar-refractivity contribution >= 4 is 23.3 Å². The predicted molar refractivity (Wildman–Crippen MR) is 57.4 cm³/mol. The van der Waals surface area contributed by atoms with Gasteiger partial charge in [-0.2, -0.15) is 5.10 Å². The second-order valence-corrected chi connectivity index (χ2v) is 4.72. The van der Waals surface area contributed by atoms with Crippen molar-refractivity contribution in [1.29, 1.82) is 0 Å². The van der Waals surface area contributed by atoms with Crippen LogP contribution in [0.2, 0.25) is 0 Å². The van der Waals surface area contributed by atoms with E-state index in [1.54, 1.807) is 0 Å². The maximum Gasteiger partial charge on any atom is 0.329 e. The van der Waals surface area contributed by atoms with E-state index in [0.717, 1.165) is 0 Å². The number of hydrogen-bond donors (Lipinski definition) is 2. The molecule has 2 amide bonds. The minimum atomic E-state index is -1.09. The summed E-state index contributed by atoms with van der Waals surface area (Å²) in [7, 11) is 0. The van der Waals surface area contributed by atoms with E-state index in [9.17, 15) is 14.4 Å². The molecule has 0 aromatic heterocycles. The summed E-state index contributed by atoms with van der Waals surface area (Å²) < 4.78 is 0. The Kier molecular flexibility index (Phi) is 3.41. The minimum absolute atomic E-state index is 0.0864. The lowest BCUT2D eigenvalue weighted by Gasteiger charge is -2.28. The standard InChI is InChI=1S/C10H15N3O3/c1-10(2)4-6(3-7(14)5-10)12-13-9(16)8(11)15/h3-5H2,1-2H3,(H2,11,15)(H,13,16). The largest absolute Gasteiger partial charge is 0.361 e. The third kappa shape index (κ3) is 3.45. The summed E-state index contributed by atoms with van der Waals surface area (Å²) in [6, 6.07) is 0. The highest BCUT2D eigenvalue weighted by atomic mass is 16.2. The number of hydrazone groups is 1. The van der Waals surface area contributed by atoms with Crippen LogP contribution in [0.4, 0.5) is 0 Å². The maximum atomic E-state index is 11.4. The summed E-state index contributed by atoms with van der Waals surface area (Å²) in [5.74, 6) is -1.97. The first kappa shape index (κ1) is 12.4. The van der Waals surface area contributed by atoms with E-state index in [1.165, 1.54) is 0 Å². The Hall–Kier alpha value is -1.72. The molecule has 0 heterocycles. The monoisotopic (exact) mass is 225 g/mol. The highest BCUT2D eigenvalue weighted by Crippen LogP contribution is 2.31. The van der Waals surface area contributed by atoms with Crippen LogP contribution in [0, 0.1) is 5.41 Å². The summed E-state index contributed by atoms with van der Waals surface area (Å²) in [6.45, 7) is 3.91. The van der Waals surface area contributed by atoms with Gasteiger partial charge in [-0.3, -0.25) is 14.4 Å². The summed E-state index contributed by atoms with van der Waals surface area (Å²) in [6.07, 6.45) is 1.36. The fourth-order valence-corrected chi connectivity index (χ4v) is 1.77. The van der Waals surface area contributed by atoms with Crippen molar-refractivity contribution in [2.75, 3.05) is 0 Å². The molecule has 1 rings (SSSR count). The van der Waals surface area contributed by atoms with Gasteiger partial charge < -0.3 is 5.73 Å². The lowest BCUT2D eigenvalue weighted by molar-refractivity contribution is -0.137. The van der Waals surface area contributed by atoms with Gasteiger partial charge in [0.25, 0.3) is 0 Å². The second-order valence-electron chi connectivity index (χ2n) is 4.72. The van der Waals surface area contributed by atoms with Crippen molar-refractivity contribution in [3.8, 4) is 0 Å². The van der Waals surface area contributed by atoms with Crippen molar-refractivity contribution in [3.63, 3.8) is 0 Å². The molecule has 6 nitrogen and oxygen atoms in total. The number of rotatable bonds is 1. The minimum Gasteiger partial charge on any atom is -0.361 e. The fraction of sp³-hybridized carbons (Fsp3) is 0.600. The van der Waals surface area contributed by atoms with Crippen LogP contribution in [-0.2, 0) is 14.4 Å². The van der Waals surface area contributed by atoms with Gasteiger partial charge in [0.05, 0.1) is 0 Å². The SMILES string of the molecule is CC1(C)CC(=O)CC(=NNC(=O)C(N)=O)C1. The molecule has 0 radical (unpaired) electrons. The Bertz CT molecular complexity index is 372. The molecule has 0 unspecified atom stereocenters. The first-order valence-electron chi connectivity index (χ1n) is 4.97. The molecule has 3 N–H and O–H groups in total. The number of Topliss-reactive ketones (excluding diaryl/α,β-unsaturated/α-hetero) is 1. The molecule has 0 atom stereocenters. The van der Waals surface area contributed by atoms with Gasteiger partial charge in [0, 0.05) is 18.6 Å². The van der Waals surface area contributed by atoms with Gasteiger partial charge in [-0.25, -0.2) is 5.43 Å². The van der Waals surface area contributed by atoms with E-state index in [0.29, 0.717) is 18.6 Å². The molecular formula is C10H15N3O3. The van der Waals surface area contributed by atoms with Crippen LogP contribution in [0.25, 0.3) is 0 Å². The number of hydrogen-bond acceptors (Lipinski definition) is 4. The summed E-state index contributed by atoms with van der Waals surface area (Å²) in [5.41, 5.74) is 7.21. The Morgan fingerprint density at radius 1 is 1.38 bits per heavy atom. The molecule has 0 bridgehead atoms. The van der Waals surface area contributed by atoms with Crippen LogP contribution < -0.4 is 11.2 Å². The molecule has 0 aliphatic heterocycles. The Balaban J connectivity index is 2.66. The zero-order valence-electron chi connectivity index (χ0n) is 9.37. The third-order valence-electron chi connectivity index (χ3n) is 2.30. The van der Waals surface area contributed by atoms with Crippen molar-refractivity contribution in [2.45, 2.75) is 33.1 Å². The van der Waals surface area contributed by atoms with E-state index >= 15 is 0 Å². The quantitative estimate of drug-likeness (QED) is 0.474. The average molecular weight is 225 g/mol. The lowest BCUT2D eigenvalue weighted by atomic mass is 9.76. The number of nitrogens with two attached hydrogens (primary N) is 1. The van der Waals surface area contributed by atoms with Crippen LogP contribution >= 0.6 is 0 Å². The lowest BCUT2D eigenvalue weighted by Crippen LogP contribution is -2.35. The molecule has 0 aromatic rings. The topological polar surface area (TPSA) is 102 Å². The zero-order valence-corrected chi connectivity index (χ0v) is 9.37. The van der Waals surface area contributed by atoms with Crippen LogP contribution in [0.5, 0.6) is 0 Å². The van der Waals surface area contributed by atoms with Gasteiger partial charge in [-0.15, -0.1) is 0 Å². The van der Waals surface area contributed by atoms with E-state index in [4.69, 9.17) is 5.73 Å². The number of nitrogens with zero attached hydrogens (tertiary/aromatic N) is 1. The van der Waals surface area contributed by atoms with Crippen molar-refractivity contribution in [3.05, 3.63) is 0 Å². The molecule has 16 heavy (non-hydrogen) atoms. The van der Waals surface area contributed by atoms with E-state index in [2.05, 4.69) is 5.10 Å². The van der Waals surface area contributed by atoms with E-state index in [1.807, 2.05) is 19.3 Å². The molecule has 0 saturated heterocycles. The highest BCUT2D eigenvalue weighted by Gasteiger charge is 2.30. The number of primary amides is 1. The first-order chi connectivity index (χ1) is 7.30. The van der Waals surface area contributed by atoms with Gasteiger partial charge in [-0.05, 0) is 11.8 Å². The first-order valence-corrected chi connectivity index (χ1v) is 4.97. The molecule has 1 fully saturated rings. The number of amides is 2. The maximum absolute atomic E-state index is 11.4. The Labute approximate surface area is 93.3 Å². The van der Waals surface area contributed by atoms with Crippen LogP contribution in [0.3, 0.4) is 0 Å². The summed E-state index contributed by atoms with van der Waals surface area (Å²) in [4.78, 5) is 32.7. The van der Waals surface area contributed by atoms with Gasteiger partial charge >= 0.3 is 11.8 Å². The molecule has 1 aliphatic rings. The Morgan fingerprint density at radius 3 is 2.50 bits per heavy atom. The molecule has 1 aliphatic carbocycles. The number of ketones is 1. The van der Waals surface area contributed by atoms with E-state index < -0.39 is 11.8 Å². The van der Waals surface area contributed by atoms with Crippen LogP contribution in [0.1, 0.15) is 33.1 Å². The fourth-order valence-electron chi connectivity index (χ4n) is 1.77. The normalized spacial score (nSPS) is 21.9. The summed E-state index contributed by atoms with van der Waals surface area (Å²) in [5, 5.41) is 3.75. The number of carbonyl (C=O) groups is 3. The molecule has 0 spiro atoms. The van der Waals surface area contributed by atoms with Gasteiger partial charge in [0.2, 0.25) is 0 Å². The van der Waals surface area contributed by atoms with Crippen LogP contribution in [-0.4, -0.2) is 23.3 Å². The molecule has 1 saturated carbocycles. The number of nitrogens with one attached hydrogen (secondary N) is 1. The van der Waals surface area contributed by atoms with Gasteiger partial charge in [0.15, 0.2) is 0 Å². The van der Waals surface area contributed by atoms with E-state index in [-0.39, 0.29) is 17.6 Å². The second kappa shape index (κ2) is 4.42. The Morgan fingerprint density at radius 2 is 2.00 bits per heavy atom. The van der Waals surface area contributed by atoms with Gasteiger partial charge in [-0.1, -0.05) is 13.8 Å². The molecule has 6 heteroatoms. The average Bonchev–Trinajstić information content (AvgIpc) is 2.10. The van der Waals surface area contributed by atoms with Crippen molar-refractivity contribution in [2.24, 2.45) is 16.3 Å². The van der Waals surface area contributed by atoms with Crippen molar-refractivity contribution < 1.29 is 14.4 Å². The molecule has 0 aromatic carbocycles. The predicted octanol–water partition coefficient (Wildman–Crippen LogP) is -0.277. The summed E-state index contributed by atoms with van der Waals surface area (Å²) >= 11 is 0. The zero-order chi connectivity index (χ0) is 12.3.